The van der Waals surface area contributed by atoms with Crippen LogP contribution in [0.25, 0.3) is 5.57 Å². The predicted octanol–water partition coefficient (Wildman–Crippen LogP) is 1.79. The first kappa shape index (κ1) is 16.2. The number of rotatable bonds is 4. The van der Waals surface area contributed by atoms with E-state index >= 15 is 0 Å². The van der Waals surface area contributed by atoms with Crippen LogP contribution in [0.1, 0.15) is 30.8 Å². The highest BCUT2D eigenvalue weighted by Crippen LogP contribution is 2.39. The van der Waals surface area contributed by atoms with E-state index in [4.69, 9.17) is 0 Å². The van der Waals surface area contributed by atoms with Crippen LogP contribution in [0, 0.1) is 0 Å². The number of aryl methyl sites for hydroxylation is 1. The molecule has 0 saturated carbocycles. The third-order valence-corrected chi connectivity index (χ3v) is 4.95. The number of alkyl halides is 3. The van der Waals surface area contributed by atoms with E-state index in [0.29, 0.717) is 6.54 Å². The van der Waals surface area contributed by atoms with Gasteiger partial charge in [-0.15, -0.1) is 5.10 Å². The highest BCUT2D eigenvalue weighted by molar-refractivity contribution is 5.65. The molecular formula is C15H18F3N7. The van der Waals surface area contributed by atoms with Crippen molar-refractivity contribution in [3.05, 3.63) is 29.9 Å². The lowest BCUT2D eigenvalue weighted by atomic mass is 9.98. The molecule has 4 heterocycles. The molecule has 0 aliphatic carbocycles. The van der Waals surface area contributed by atoms with Crippen LogP contribution in [0.3, 0.4) is 0 Å². The van der Waals surface area contributed by atoms with Gasteiger partial charge in [0.05, 0.1) is 12.2 Å². The maximum absolute atomic E-state index is 12.6. The molecule has 7 nitrogen and oxygen atoms in total. The number of halogens is 3. The molecule has 2 unspecified atom stereocenters. The molecule has 2 atom stereocenters. The van der Waals surface area contributed by atoms with Gasteiger partial charge in [-0.3, -0.25) is 9.58 Å². The van der Waals surface area contributed by atoms with Gasteiger partial charge in [0.2, 0.25) is 0 Å². The number of aromatic nitrogens is 6. The van der Waals surface area contributed by atoms with E-state index in [0.717, 1.165) is 29.6 Å². The normalized spacial score (nSPS) is 23.9. The largest absolute Gasteiger partial charge is 0.408 e. The van der Waals surface area contributed by atoms with Gasteiger partial charge < -0.3 is 0 Å². The number of fused-ring (bicyclic) bond motifs is 2. The SMILES string of the molecule is Cn1nccc1C1=CC2CCC(C1)N2Cc1nnnn1CC(F)(F)F. The van der Waals surface area contributed by atoms with E-state index in [-0.39, 0.29) is 17.9 Å². The molecule has 0 radical (unpaired) electrons. The summed E-state index contributed by atoms with van der Waals surface area (Å²) < 4.78 is 40.6. The molecular weight excluding hydrogens is 335 g/mol. The van der Waals surface area contributed by atoms with Gasteiger partial charge in [0.25, 0.3) is 0 Å². The first-order chi connectivity index (χ1) is 11.9. The van der Waals surface area contributed by atoms with Crippen LogP contribution in [0.5, 0.6) is 0 Å². The number of hydrogen-bond donors (Lipinski definition) is 0. The average Bonchev–Trinajstić information content (AvgIpc) is 3.19. The molecule has 0 N–H and O–H groups in total. The van der Waals surface area contributed by atoms with Crippen molar-refractivity contribution in [3.63, 3.8) is 0 Å². The lowest BCUT2D eigenvalue weighted by Crippen LogP contribution is -2.39. The third kappa shape index (κ3) is 3.17. The summed E-state index contributed by atoms with van der Waals surface area (Å²) in [4.78, 5) is 2.21. The lowest BCUT2D eigenvalue weighted by molar-refractivity contribution is -0.143. The van der Waals surface area contributed by atoms with E-state index < -0.39 is 12.7 Å². The Kier molecular flexibility index (Phi) is 3.86. The second kappa shape index (κ2) is 5.94. The fourth-order valence-electron chi connectivity index (χ4n) is 3.84. The molecule has 25 heavy (non-hydrogen) atoms. The predicted molar refractivity (Wildman–Crippen MR) is 82.0 cm³/mol. The Hall–Kier alpha value is -2.23. The number of tetrazole rings is 1. The van der Waals surface area contributed by atoms with Crippen LogP contribution in [-0.2, 0) is 20.1 Å². The van der Waals surface area contributed by atoms with Crippen molar-refractivity contribution >= 4 is 5.57 Å². The van der Waals surface area contributed by atoms with Gasteiger partial charge in [0.15, 0.2) is 5.82 Å². The van der Waals surface area contributed by atoms with Gasteiger partial charge in [-0.2, -0.15) is 18.3 Å². The Morgan fingerprint density at radius 3 is 2.80 bits per heavy atom. The molecule has 10 heteroatoms. The highest BCUT2D eigenvalue weighted by Gasteiger charge is 2.38. The van der Waals surface area contributed by atoms with Crippen molar-refractivity contribution in [2.45, 2.75) is 50.6 Å². The van der Waals surface area contributed by atoms with Crippen LogP contribution in [0.4, 0.5) is 13.2 Å². The van der Waals surface area contributed by atoms with Crippen LogP contribution in [0.2, 0.25) is 0 Å². The molecule has 1 saturated heterocycles. The second-order valence-electron chi connectivity index (χ2n) is 6.57. The fourth-order valence-corrected chi connectivity index (χ4v) is 3.84. The Morgan fingerprint density at radius 2 is 2.12 bits per heavy atom. The number of hydrogen-bond acceptors (Lipinski definition) is 5. The van der Waals surface area contributed by atoms with E-state index in [1.54, 1.807) is 6.20 Å². The van der Waals surface area contributed by atoms with Crippen molar-refractivity contribution in [3.8, 4) is 0 Å². The molecule has 0 amide bonds. The molecule has 0 aromatic carbocycles. The Bertz CT molecular complexity index is 791. The Labute approximate surface area is 142 Å². The minimum Gasteiger partial charge on any atom is -0.286 e. The monoisotopic (exact) mass is 353 g/mol. The molecule has 2 bridgehead atoms. The molecule has 134 valence electrons. The molecule has 1 fully saturated rings. The fraction of sp³-hybridized carbons (Fsp3) is 0.600. The molecule has 4 rings (SSSR count). The van der Waals surface area contributed by atoms with Crippen LogP contribution >= 0.6 is 0 Å². The van der Waals surface area contributed by atoms with Crippen LogP contribution in [-0.4, -0.2) is 53.1 Å². The zero-order valence-corrected chi connectivity index (χ0v) is 13.7. The zero-order chi connectivity index (χ0) is 17.6. The summed E-state index contributed by atoms with van der Waals surface area (Å²) in [5.74, 6) is 0.256. The quantitative estimate of drug-likeness (QED) is 0.839. The van der Waals surface area contributed by atoms with E-state index in [1.165, 1.54) is 5.57 Å². The van der Waals surface area contributed by atoms with Gasteiger partial charge in [-0.05, 0) is 41.3 Å². The maximum Gasteiger partial charge on any atom is 0.408 e. The van der Waals surface area contributed by atoms with Gasteiger partial charge in [-0.25, -0.2) is 4.68 Å². The van der Waals surface area contributed by atoms with Crippen LogP contribution in [0.15, 0.2) is 18.3 Å². The average molecular weight is 353 g/mol. The van der Waals surface area contributed by atoms with Crippen LogP contribution < -0.4 is 0 Å². The summed E-state index contributed by atoms with van der Waals surface area (Å²) in [6.45, 7) is -0.831. The topological polar surface area (TPSA) is 64.7 Å². The minimum absolute atomic E-state index is 0.194. The summed E-state index contributed by atoms with van der Waals surface area (Å²) in [5, 5.41) is 14.9. The first-order valence-corrected chi connectivity index (χ1v) is 8.17. The van der Waals surface area contributed by atoms with Gasteiger partial charge >= 0.3 is 6.18 Å². The van der Waals surface area contributed by atoms with Crippen molar-refractivity contribution < 1.29 is 13.2 Å². The van der Waals surface area contributed by atoms with Crippen molar-refractivity contribution in [2.24, 2.45) is 7.05 Å². The van der Waals surface area contributed by atoms with Gasteiger partial charge in [0.1, 0.15) is 6.54 Å². The zero-order valence-electron chi connectivity index (χ0n) is 13.7. The first-order valence-electron chi connectivity index (χ1n) is 8.17. The highest BCUT2D eigenvalue weighted by atomic mass is 19.4. The molecule has 0 spiro atoms. The minimum atomic E-state index is -4.34. The van der Waals surface area contributed by atoms with E-state index in [2.05, 4.69) is 31.6 Å². The van der Waals surface area contributed by atoms with Gasteiger partial charge in [-0.1, -0.05) is 6.08 Å². The van der Waals surface area contributed by atoms with Gasteiger partial charge in [0, 0.05) is 25.3 Å². The van der Waals surface area contributed by atoms with Crippen molar-refractivity contribution in [1.82, 2.24) is 34.9 Å². The maximum atomic E-state index is 12.6. The van der Waals surface area contributed by atoms with Crippen molar-refractivity contribution in [2.75, 3.05) is 0 Å². The molecule has 2 aromatic rings. The standard InChI is InChI=1S/C15H18F3N7/c1-23-13(4-5-19-23)10-6-11-2-3-12(7-10)24(11)8-14-20-21-22-25(14)9-15(16,17)18/h4-6,11-12H,2-3,7-9H2,1H3. The summed E-state index contributed by atoms with van der Waals surface area (Å²) in [6, 6.07) is 2.47. The third-order valence-electron chi connectivity index (χ3n) is 4.95. The second-order valence-corrected chi connectivity index (χ2v) is 6.57. The summed E-state index contributed by atoms with van der Waals surface area (Å²) in [7, 11) is 1.91. The van der Waals surface area contributed by atoms with E-state index in [1.807, 2.05) is 17.8 Å². The molecule has 2 aliphatic heterocycles. The lowest BCUT2D eigenvalue weighted by Gasteiger charge is -2.33. The summed E-state index contributed by atoms with van der Waals surface area (Å²) in [5.41, 5.74) is 2.34. The van der Waals surface area contributed by atoms with E-state index in [9.17, 15) is 13.2 Å². The summed E-state index contributed by atoms with van der Waals surface area (Å²) >= 11 is 0. The van der Waals surface area contributed by atoms with Crippen molar-refractivity contribution in [1.29, 1.82) is 0 Å². The smallest absolute Gasteiger partial charge is 0.286 e. The Balaban J connectivity index is 1.53. The number of nitrogens with zero attached hydrogens (tertiary/aromatic N) is 7. The summed E-state index contributed by atoms with van der Waals surface area (Å²) in [6.07, 6.45) is 2.51. The molecule has 2 aromatic heterocycles. The Morgan fingerprint density at radius 1 is 1.28 bits per heavy atom. The molecule has 2 aliphatic rings.